The summed E-state index contributed by atoms with van der Waals surface area (Å²) in [5.74, 6) is 1.71. The second-order valence-electron chi connectivity index (χ2n) is 7.31. The second-order valence-corrected chi connectivity index (χ2v) is 7.75. The Kier molecular flexibility index (Phi) is 6.77. The van der Waals surface area contributed by atoms with Crippen LogP contribution in [0.5, 0.6) is 11.5 Å². The Bertz CT molecular complexity index is 1320. The molecule has 0 unspecified atom stereocenters. The quantitative estimate of drug-likeness (QED) is 0.341. The van der Waals surface area contributed by atoms with E-state index in [1.54, 1.807) is 14.2 Å². The van der Waals surface area contributed by atoms with Gasteiger partial charge >= 0.3 is 0 Å². The van der Waals surface area contributed by atoms with Crippen LogP contribution in [0.3, 0.4) is 0 Å². The van der Waals surface area contributed by atoms with Crippen LogP contribution in [0.1, 0.15) is 11.1 Å². The number of aromatic nitrogens is 1. The molecular formula is C27H22ClN3O2. The summed E-state index contributed by atoms with van der Waals surface area (Å²) in [7, 11) is 3.18. The molecule has 5 nitrogen and oxygen atoms in total. The maximum atomic E-state index is 10.1. The summed E-state index contributed by atoms with van der Waals surface area (Å²) < 4.78 is 10.9. The van der Waals surface area contributed by atoms with E-state index in [1.807, 2.05) is 78.9 Å². The number of nitrogens with one attached hydrogen (secondary N) is 1. The molecule has 0 bridgehead atoms. The van der Waals surface area contributed by atoms with E-state index in [4.69, 9.17) is 26.1 Å². The van der Waals surface area contributed by atoms with Gasteiger partial charge in [-0.3, -0.25) is 0 Å². The topological polar surface area (TPSA) is 67.2 Å². The van der Waals surface area contributed by atoms with Crippen LogP contribution >= 0.6 is 11.6 Å². The first kappa shape index (κ1) is 22.2. The highest BCUT2D eigenvalue weighted by Crippen LogP contribution is 2.37. The summed E-state index contributed by atoms with van der Waals surface area (Å²) in [4.78, 5) is 4.79. The summed E-state index contributed by atoms with van der Waals surface area (Å²) in [6.45, 7) is 0.478. The van der Waals surface area contributed by atoms with E-state index < -0.39 is 0 Å². The van der Waals surface area contributed by atoms with Crippen LogP contribution < -0.4 is 14.8 Å². The van der Waals surface area contributed by atoms with Crippen molar-refractivity contribution in [2.45, 2.75) is 6.54 Å². The van der Waals surface area contributed by atoms with Crippen LogP contribution in [0.4, 0.5) is 5.82 Å². The molecular weight excluding hydrogens is 434 g/mol. The molecule has 0 aliphatic rings. The van der Waals surface area contributed by atoms with Crippen molar-refractivity contribution >= 4 is 17.4 Å². The molecule has 164 valence electrons. The maximum absolute atomic E-state index is 10.1. The summed E-state index contributed by atoms with van der Waals surface area (Å²) in [6.07, 6.45) is 0. The third-order valence-corrected chi connectivity index (χ3v) is 5.48. The fourth-order valence-electron chi connectivity index (χ4n) is 3.61. The minimum Gasteiger partial charge on any atom is -0.493 e. The smallest absolute Gasteiger partial charge is 0.161 e. The summed E-state index contributed by atoms with van der Waals surface area (Å²) in [6, 6.07) is 27.3. The van der Waals surface area contributed by atoms with Gasteiger partial charge in [-0.2, -0.15) is 5.26 Å². The fourth-order valence-corrected chi connectivity index (χ4v) is 3.82. The lowest BCUT2D eigenvalue weighted by Gasteiger charge is -2.16. The highest BCUT2D eigenvalue weighted by molar-refractivity contribution is 6.30. The van der Waals surface area contributed by atoms with Gasteiger partial charge in [-0.25, -0.2) is 4.98 Å². The van der Waals surface area contributed by atoms with E-state index >= 15 is 0 Å². The average molecular weight is 456 g/mol. The molecule has 1 heterocycles. The summed E-state index contributed by atoms with van der Waals surface area (Å²) in [5, 5.41) is 14.1. The van der Waals surface area contributed by atoms with Crippen LogP contribution in [-0.2, 0) is 6.54 Å². The van der Waals surface area contributed by atoms with E-state index in [2.05, 4.69) is 11.4 Å². The van der Waals surface area contributed by atoms with Crippen molar-refractivity contribution in [3.05, 3.63) is 95.0 Å². The summed E-state index contributed by atoms with van der Waals surface area (Å²) in [5.41, 5.74) is 4.73. The molecule has 0 spiro atoms. The molecule has 0 fully saturated rings. The number of halogens is 1. The molecule has 1 aromatic heterocycles. The standard InChI is InChI=1S/C27H22ClN3O2/c1-32-25-12-11-20(14-26(25)33-2)22-15-24(19-8-4-3-5-9-19)31-27(23(22)16-29)30-17-18-7-6-10-21(28)13-18/h3-15H,17H2,1-2H3,(H,30,31). The van der Waals surface area contributed by atoms with Crippen LogP contribution in [0.15, 0.2) is 78.9 Å². The second kappa shape index (κ2) is 10.1. The van der Waals surface area contributed by atoms with Crippen molar-refractivity contribution in [3.63, 3.8) is 0 Å². The molecule has 0 aliphatic heterocycles. The molecule has 33 heavy (non-hydrogen) atoms. The molecule has 3 aromatic carbocycles. The first-order chi connectivity index (χ1) is 16.1. The molecule has 4 aromatic rings. The van der Waals surface area contributed by atoms with Gasteiger partial charge in [0.15, 0.2) is 11.5 Å². The van der Waals surface area contributed by atoms with Crippen LogP contribution in [0.25, 0.3) is 22.4 Å². The highest BCUT2D eigenvalue weighted by atomic mass is 35.5. The largest absolute Gasteiger partial charge is 0.493 e. The van der Waals surface area contributed by atoms with E-state index in [0.717, 1.165) is 27.9 Å². The van der Waals surface area contributed by atoms with E-state index in [9.17, 15) is 5.26 Å². The SMILES string of the molecule is COc1ccc(-c2cc(-c3ccccc3)nc(NCc3cccc(Cl)c3)c2C#N)cc1OC. The minimum absolute atomic E-state index is 0.448. The van der Waals surface area contributed by atoms with Crippen molar-refractivity contribution in [1.29, 1.82) is 5.26 Å². The Morgan fingerprint density at radius 2 is 1.67 bits per heavy atom. The third-order valence-electron chi connectivity index (χ3n) is 5.24. The van der Waals surface area contributed by atoms with Gasteiger partial charge in [0.1, 0.15) is 17.5 Å². The predicted molar refractivity (Wildman–Crippen MR) is 132 cm³/mol. The fraction of sp³-hybridized carbons (Fsp3) is 0.111. The van der Waals surface area contributed by atoms with Crippen molar-refractivity contribution in [2.75, 3.05) is 19.5 Å². The van der Waals surface area contributed by atoms with Gasteiger partial charge in [-0.15, -0.1) is 0 Å². The van der Waals surface area contributed by atoms with Gasteiger partial charge in [-0.05, 0) is 41.5 Å². The molecule has 6 heteroatoms. The first-order valence-corrected chi connectivity index (χ1v) is 10.7. The number of nitriles is 1. The Morgan fingerprint density at radius 3 is 2.36 bits per heavy atom. The number of pyridine rings is 1. The predicted octanol–water partition coefficient (Wildman–Crippen LogP) is 6.57. The Labute approximate surface area is 198 Å². The molecule has 0 amide bonds. The van der Waals surface area contributed by atoms with Crippen LogP contribution in [-0.4, -0.2) is 19.2 Å². The lowest BCUT2D eigenvalue weighted by atomic mass is 9.98. The number of methoxy groups -OCH3 is 2. The highest BCUT2D eigenvalue weighted by Gasteiger charge is 2.17. The Morgan fingerprint density at radius 1 is 0.879 bits per heavy atom. The normalized spacial score (nSPS) is 10.4. The monoisotopic (exact) mass is 455 g/mol. The number of hydrogen-bond donors (Lipinski definition) is 1. The number of hydrogen-bond acceptors (Lipinski definition) is 5. The van der Waals surface area contributed by atoms with Crippen molar-refractivity contribution in [3.8, 4) is 40.0 Å². The zero-order valence-electron chi connectivity index (χ0n) is 18.3. The molecule has 4 rings (SSSR count). The van der Waals surface area contributed by atoms with Gasteiger partial charge in [-0.1, -0.05) is 60.1 Å². The molecule has 0 atom stereocenters. The Hall–Kier alpha value is -4.01. The number of rotatable bonds is 7. The van der Waals surface area contributed by atoms with Crippen molar-refractivity contribution in [2.24, 2.45) is 0 Å². The third kappa shape index (κ3) is 4.92. The molecule has 0 saturated heterocycles. The van der Waals surface area contributed by atoms with E-state index in [-0.39, 0.29) is 0 Å². The number of benzene rings is 3. The van der Waals surface area contributed by atoms with Crippen molar-refractivity contribution in [1.82, 2.24) is 4.98 Å². The Balaban J connectivity index is 1.84. The van der Waals surface area contributed by atoms with Gasteiger partial charge in [0, 0.05) is 22.7 Å². The molecule has 0 radical (unpaired) electrons. The van der Waals surface area contributed by atoms with Gasteiger partial charge in [0.05, 0.1) is 19.9 Å². The molecule has 1 N–H and O–H groups in total. The lowest BCUT2D eigenvalue weighted by molar-refractivity contribution is 0.355. The summed E-state index contributed by atoms with van der Waals surface area (Å²) >= 11 is 6.13. The first-order valence-electron chi connectivity index (χ1n) is 10.3. The van der Waals surface area contributed by atoms with E-state index in [1.165, 1.54) is 0 Å². The average Bonchev–Trinajstić information content (AvgIpc) is 2.87. The number of nitrogens with zero attached hydrogens (tertiary/aromatic N) is 2. The lowest BCUT2D eigenvalue weighted by Crippen LogP contribution is -2.06. The minimum atomic E-state index is 0.448. The zero-order chi connectivity index (χ0) is 23.2. The van der Waals surface area contributed by atoms with Crippen LogP contribution in [0.2, 0.25) is 5.02 Å². The maximum Gasteiger partial charge on any atom is 0.161 e. The van der Waals surface area contributed by atoms with Gasteiger partial charge in [0.25, 0.3) is 0 Å². The van der Waals surface area contributed by atoms with Gasteiger partial charge < -0.3 is 14.8 Å². The molecule has 0 aliphatic carbocycles. The number of ether oxygens (including phenoxy) is 2. The van der Waals surface area contributed by atoms with E-state index in [0.29, 0.717) is 34.4 Å². The van der Waals surface area contributed by atoms with Crippen molar-refractivity contribution < 1.29 is 9.47 Å². The van der Waals surface area contributed by atoms with Gasteiger partial charge in [0.2, 0.25) is 0 Å². The van der Waals surface area contributed by atoms with Crippen LogP contribution in [0, 0.1) is 11.3 Å². The number of anilines is 1. The molecule has 0 saturated carbocycles. The zero-order valence-corrected chi connectivity index (χ0v) is 19.1.